The number of thioether (sulfide) groups is 1. The van der Waals surface area contributed by atoms with E-state index in [1.807, 2.05) is 24.3 Å². The third kappa shape index (κ3) is 6.86. The van der Waals surface area contributed by atoms with Gasteiger partial charge in [0.05, 0.1) is 11.6 Å². The predicted molar refractivity (Wildman–Crippen MR) is 148 cm³/mol. The minimum absolute atomic E-state index is 0.0106. The number of ether oxygens (including phenoxy) is 1. The van der Waals surface area contributed by atoms with Crippen molar-refractivity contribution in [1.82, 2.24) is 4.90 Å². The van der Waals surface area contributed by atoms with Crippen LogP contribution >= 0.6 is 11.8 Å². The van der Waals surface area contributed by atoms with Gasteiger partial charge in [-0.3, -0.25) is 14.2 Å². The molecule has 3 aromatic rings. The number of nitrogens with zero attached hydrogens (tertiary/aromatic N) is 1. The summed E-state index contributed by atoms with van der Waals surface area (Å²) in [7, 11) is 0. The van der Waals surface area contributed by atoms with Crippen molar-refractivity contribution in [2.24, 2.45) is 0 Å². The molecule has 2 aliphatic rings. The average Bonchev–Trinajstić information content (AvgIpc) is 3.31. The first-order valence-corrected chi connectivity index (χ1v) is 14.4. The largest absolute Gasteiger partial charge is 0.489 e. The van der Waals surface area contributed by atoms with Crippen LogP contribution < -0.4 is 9.68 Å². The minimum atomic E-state index is -2.96. The lowest BCUT2D eigenvalue weighted by Gasteiger charge is -2.19. The van der Waals surface area contributed by atoms with Gasteiger partial charge in [0.15, 0.2) is 5.75 Å². The number of benzene rings is 3. The van der Waals surface area contributed by atoms with E-state index in [9.17, 15) is 26.5 Å². The molecule has 0 aromatic heterocycles. The van der Waals surface area contributed by atoms with Crippen molar-refractivity contribution in [2.75, 3.05) is 26.3 Å². The average molecular weight is 594 g/mol. The van der Waals surface area contributed by atoms with Crippen LogP contribution in [0.15, 0.2) is 59.5 Å². The molecule has 0 N–H and O–H groups in total. The lowest BCUT2D eigenvalue weighted by Crippen LogP contribution is -2.26. The van der Waals surface area contributed by atoms with Crippen LogP contribution in [-0.4, -0.2) is 43.1 Å². The van der Waals surface area contributed by atoms with Gasteiger partial charge in [0.1, 0.15) is 23.5 Å². The lowest BCUT2D eigenvalue weighted by atomic mass is 9.87. The van der Waals surface area contributed by atoms with E-state index in [-0.39, 0.29) is 35.9 Å². The highest BCUT2D eigenvalue weighted by Crippen LogP contribution is 2.42. The van der Waals surface area contributed by atoms with Crippen LogP contribution in [0.25, 0.3) is 11.1 Å². The van der Waals surface area contributed by atoms with Gasteiger partial charge in [-0.25, -0.2) is 8.78 Å². The second-order valence-corrected chi connectivity index (χ2v) is 11.1. The van der Waals surface area contributed by atoms with Crippen LogP contribution in [0.5, 0.6) is 11.5 Å². The third-order valence-electron chi connectivity index (χ3n) is 7.45. The fraction of sp³-hybridized carbons (Fsp3) is 0.355. The van der Waals surface area contributed by atoms with Crippen molar-refractivity contribution in [1.29, 1.82) is 0 Å². The molecule has 218 valence electrons. The van der Waals surface area contributed by atoms with Gasteiger partial charge in [-0.05, 0) is 114 Å². The molecule has 1 aliphatic carbocycles. The molecular weight excluding hydrogens is 564 g/mol. The van der Waals surface area contributed by atoms with E-state index in [2.05, 4.69) is 9.84 Å². The summed E-state index contributed by atoms with van der Waals surface area (Å²) in [5.74, 6) is -4.35. The SMILES string of the molecule is FCCCN1CCC(Oc2ccc(C3=C(c4cc(F)c(SC(F)F)c(F)c4)CCCc4cc(OF)ccc43)cc2)C1. The second kappa shape index (κ2) is 13.2. The Morgan fingerprint density at radius 3 is 2.34 bits per heavy atom. The summed E-state index contributed by atoms with van der Waals surface area (Å²) in [6.07, 6.45) is 2.97. The second-order valence-electron chi connectivity index (χ2n) is 10.1. The number of hydrogen-bond acceptors (Lipinski definition) is 4. The van der Waals surface area contributed by atoms with Gasteiger partial charge in [-0.1, -0.05) is 18.2 Å². The normalized spacial score (nSPS) is 17.6. The minimum Gasteiger partial charge on any atom is -0.489 e. The zero-order chi connectivity index (χ0) is 28.9. The topological polar surface area (TPSA) is 21.7 Å². The number of fused-ring (bicyclic) bond motifs is 1. The first-order valence-electron chi connectivity index (χ1n) is 13.5. The van der Waals surface area contributed by atoms with Gasteiger partial charge in [0.25, 0.3) is 5.76 Å². The highest BCUT2D eigenvalue weighted by atomic mass is 32.2. The summed E-state index contributed by atoms with van der Waals surface area (Å²) in [6, 6.07) is 14.4. The maximum Gasteiger partial charge on any atom is 0.289 e. The molecular formula is C31H29F6NO2S. The Morgan fingerprint density at radius 1 is 0.927 bits per heavy atom. The van der Waals surface area contributed by atoms with Crippen LogP contribution in [0.4, 0.5) is 26.5 Å². The molecule has 1 saturated heterocycles. The number of alkyl halides is 3. The fourth-order valence-electron chi connectivity index (χ4n) is 5.64. The monoisotopic (exact) mass is 593 g/mol. The molecule has 1 unspecified atom stereocenters. The standard InChI is InChI=1S/C31H29F6NO2S/c32-12-2-13-38-14-11-24(18-38)39-22-7-5-19(6-8-22)29-25(4-1-3-20-15-23(40-37)9-10-26(20)29)21-16-27(33)30(28(34)17-21)41-31(35)36/h5-10,15-17,24,31H,1-4,11-14,18H2. The van der Waals surface area contributed by atoms with E-state index < -0.39 is 22.3 Å². The Morgan fingerprint density at radius 2 is 1.66 bits per heavy atom. The van der Waals surface area contributed by atoms with Crippen LogP contribution in [-0.2, 0) is 6.42 Å². The van der Waals surface area contributed by atoms with Crippen LogP contribution in [0.2, 0.25) is 0 Å². The van der Waals surface area contributed by atoms with E-state index in [1.54, 1.807) is 12.1 Å². The van der Waals surface area contributed by atoms with Crippen molar-refractivity contribution in [3.05, 3.63) is 88.5 Å². The highest BCUT2D eigenvalue weighted by molar-refractivity contribution is 7.99. The number of aryl methyl sites for hydroxylation is 1. The molecule has 3 nitrogen and oxygen atoms in total. The molecule has 3 aromatic carbocycles. The quantitative estimate of drug-likeness (QED) is 0.173. The van der Waals surface area contributed by atoms with Gasteiger partial charge >= 0.3 is 0 Å². The number of halogens is 6. The van der Waals surface area contributed by atoms with Crippen molar-refractivity contribution in [2.45, 2.75) is 48.9 Å². The Kier molecular flexibility index (Phi) is 9.49. The summed E-state index contributed by atoms with van der Waals surface area (Å²) < 4.78 is 87.2. The predicted octanol–water partition coefficient (Wildman–Crippen LogP) is 8.65. The molecule has 1 heterocycles. The Labute approximate surface area is 239 Å². The highest BCUT2D eigenvalue weighted by Gasteiger charge is 2.26. The fourth-order valence-corrected chi connectivity index (χ4v) is 6.16. The number of hydrogen-bond donors (Lipinski definition) is 0. The number of rotatable bonds is 10. The Balaban J connectivity index is 1.52. The van der Waals surface area contributed by atoms with Gasteiger partial charge in [0, 0.05) is 24.2 Å². The molecule has 0 radical (unpaired) electrons. The van der Waals surface area contributed by atoms with Crippen LogP contribution in [0.3, 0.4) is 0 Å². The number of likely N-dealkylation sites (tertiary alicyclic amines) is 1. The van der Waals surface area contributed by atoms with E-state index >= 15 is 0 Å². The molecule has 1 fully saturated rings. The molecule has 1 aliphatic heterocycles. The smallest absolute Gasteiger partial charge is 0.289 e. The first kappa shape index (κ1) is 29.4. The maximum atomic E-state index is 14.9. The van der Waals surface area contributed by atoms with Gasteiger partial charge in [-0.2, -0.15) is 8.78 Å². The van der Waals surface area contributed by atoms with E-state index in [0.29, 0.717) is 49.1 Å². The number of allylic oxidation sites excluding steroid dienone is 1. The molecule has 0 saturated carbocycles. The van der Waals surface area contributed by atoms with Crippen LogP contribution in [0, 0.1) is 11.6 Å². The lowest BCUT2D eigenvalue weighted by molar-refractivity contribution is -0.00629. The maximum absolute atomic E-state index is 14.9. The summed E-state index contributed by atoms with van der Waals surface area (Å²) in [5, 5.41) is 0. The molecule has 41 heavy (non-hydrogen) atoms. The van der Waals surface area contributed by atoms with E-state index in [1.165, 1.54) is 6.07 Å². The summed E-state index contributed by atoms with van der Waals surface area (Å²) >= 11 is -0.163. The van der Waals surface area contributed by atoms with Gasteiger partial charge in [0.2, 0.25) is 0 Å². The molecule has 1 atom stereocenters. The van der Waals surface area contributed by atoms with Crippen molar-refractivity contribution in [3.8, 4) is 11.5 Å². The van der Waals surface area contributed by atoms with Crippen molar-refractivity contribution >= 4 is 22.9 Å². The zero-order valence-corrected chi connectivity index (χ0v) is 23.0. The molecule has 5 rings (SSSR count). The zero-order valence-electron chi connectivity index (χ0n) is 22.2. The summed E-state index contributed by atoms with van der Waals surface area (Å²) in [5.41, 5.74) is 3.95. The molecule has 0 spiro atoms. The Bertz CT molecular complexity index is 1370. The summed E-state index contributed by atoms with van der Waals surface area (Å²) in [6.45, 7) is 1.93. The summed E-state index contributed by atoms with van der Waals surface area (Å²) in [4.78, 5) is 5.40. The van der Waals surface area contributed by atoms with Crippen molar-refractivity contribution < 1.29 is 36.2 Å². The molecule has 10 heteroatoms. The Hall–Kier alpha value is -3.11. The third-order valence-corrected chi connectivity index (χ3v) is 8.25. The van der Waals surface area contributed by atoms with Crippen LogP contribution in [0.1, 0.15) is 47.9 Å². The molecule has 0 amide bonds. The van der Waals surface area contributed by atoms with E-state index in [4.69, 9.17) is 4.74 Å². The first-order chi connectivity index (χ1) is 19.9. The van der Waals surface area contributed by atoms with Gasteiger partial charge < -0.3 is 4.74 Å². The van der Waals surface area contributed by atoms with Gasteiger partial charge in [-0.15, -0.1) is 0 Å². The van der Waals surface area contributed by atoms with Crippen molar-refractivity contribution in [3.63, 3.8) is 0 Å². The van der Waals surface area contributed by atoms with E-state index in [0.717, 1.165) is 48.3 Å². The molecule has 0 bridgehead atoms.